The largest absolute Gasteiger partial charge is 0.382 e. The molecule has 8 nitrogen and oxygen atoms in total. The van der Waals surface area contributed by atoms with Gasteiger partial charge in [-0.25, -0.2) is 5.84 Å². The number of aromatic nitrogens is 2. The van der Waals surface area contributed by atoms with Gasteiger partial charge in [0.1, 0.15) is 5.52 Å². The molecule has 0 amide bonds. The highest BCUT2D eigenvalue weighted by Crippen LogP contribution is 2.35. The highest BCUT2D eigenvalue weighted by molar-refractivity contribution is 6.04. The molecule has 8 heteroatoms. The van der Waals surface area contributed by atoms with Gasteiger partial charge in [-0.05, 0) is 6.07 Å². The quantitative estimate of drug-likeness (QED) is 0.442. The van der Waals surface area contributed by atoms with Crippen molar-refractivity contribution in [3.05, 3.63) is 22.2 Å². The molecule has 0 saturated carbocycles. The number of nitro groups is 1. The molecular formula is C9H12N6O2. The van der Waals surface area contributed by atoms with Crippen molar-refractivity contribution in [3.8, 4) is 0 Å². The Kier molecular flexibility index (Phi) is 2.36. The fraction of sp³-hybridized carbons (Fsp3) is 0.222. The molecule has 0 spiro atoms. The minimum Gasteiger partial charge on any atom is -0.382 e. The predicted octanol–water partition coefficient (Wildman–Crippen LogP) is 0.374. The molecule has 2 rings (SSSR count). The van der Waals surface area contributed by atoms with Crippen LogP contribution in [0.4, 0.5) is 17.2 Å². The van der Waals surface area contributed by atoms with Gasteiger partial charge in [0, 0.05) is 20.2 Å². The van der Waals surface area contributed by atoms with Crippen LogP contribution in [0.15, 0.2) is 12.1 Å². The molecule has 0 radical (unpaired) electrons. The molecule has 1 aromatic heterocycles. The molecule has 0 unspecified atom stereocenters. The number of benzene rings is 1. The van der Waals surface area contributed by atoms with E-state index >= 15 is 0 Å². The van der Waals surface area contributed by atoms with Gasteiger partial charge < -0.3 is 10.7 Å². The van der Waals surface area contributed by atoms with Crippen LogP contribution in [-0.4, -0.2) is 21.8 Å². The minimum atomic E-state index is -0.469. The van der Waals surface area contributed by atoms with Crippen LogP contribution in [-0.2, 0) is 7.05 Å². The number of nitrogens with zero attached hydrogens (tertiary/aromatic N) is 4. The van der Waals surface area contributed by atoms with E-state index in [0.29, 0.717) is 16.6 Å². The zero-order valence-electron chi connectivity index (χ0n) is 9.41. The number of hydrogen-bond acceptors (Lipinski definition) is 6. The molecule has 0 atom stereocenters. The van der Waals surface area contributed by atoms with E-state index in [2.05, 4.69) is 5.10 Å². The average Bonchev–Trinajstić information content (AvgIpc) is 2.54. The number of rotatable bonds is 2. The van der Waals surface area contributed by atoms with E-state index < -0.39 is 4.92 Å². The first-order valence-electron chi connectivity index (χ1n) is 4.81. The number of nitrogen functional groups attached to an aromatic ring is 1. The zero-order valence-corrected chi connectivity index (χ0v) is 9.41. The second-order valence-electron chi connectivity index (χ2n) is 3.70. The second-order valence-corrected chi connectivity index (χ2v) is 3.70. The summed E-state index contributed by atoms with van der Waals surface area (Å²) in [4.78, 5) is 10.5. The van der Waals surface area contributed by atoms with E-state index in [1.54, 1.807) is 20.2 Å². The molecule has 0 aliphatic carbocycles. The van der Waals surface area contributed by atoms with E-state index in [1.807, 2.05) is 0 Å². The number of nitro benzene ring substituents is 1. The maximum atomic E-state index is 10.9. The number of hydrogen-bond donors (Lipinski definition) is 2. The third-order valence-electron chi connectivity index (χ3n) is 2.55. The highest BCUT2D eigenvalue weighted by Gasteiger charge is 2.21. The van der Waals surface area contributed by atoms with Gasteiger partial charge in [-0.1, -0.05) is 0 Å². The Bertz CT molecular complexity index is 603. The number of anilines is 2. The van der Waals surface area contributed by atoms with Crippen LogP contribution < -0.4 is 16.6 Å². The summed E-state index contributed by atoms with van der Waals surface area (Å²) >= 11 is 0. The molecule has 0 aliphatic rings. The van der Waals surface area contributed by atoms with Gasteiger partial charge in [0.25, 0.3) is 5.69 Å². The van der Waals surface area contributed by atoms with Gasteiger partial charge in [-0.2, -0.15) is 5.10 Å². The van der Waals surface area contributed by atoms with Crippen molar-refractivity contribution < 1.29 is 4.92 Å². The van der Waals surface area contributed by atoms with E-state index in [-0.39, 0.29) is 11.5 Å². The van der Waals surface area contributed by atoms with Crippen LogP contribution in [0.2, 0.25) is 0 Å². The molecule has 2 aromatic rings. The first-order chi connectivity index (χ1) is 7.93. The van der Waals surface area contributed by atoms with E-state index in [4.69, 9.17) is 11.6 Å². The van der Waals surface area contributed by atoms with E-state index in [0.717, 1.165) is 0 Å². The van der Waals surface area contributed by atoms with Crippen LogP contribution in [0.5, 0.6) is 0 Å². The Labute approximate surface area is 96.5 Å². The van der Waals surface area contributed by atoms with Gasteiger partial charge in [0.2, 0.25) is 0 Å². The Morgan fingerprint density at radius 1 is 1.53 bits per heavy atom. The van der Waals surface area contributed by atoms with Gasteiger partial charge in [-0.3, -0.25) is 14.8 Å². The zero-order chi connectivity index (χ0) is 12.7. The maximum Gasteiger partial charge on any atom is 0.295 e. The summed E-state index contributed by atoms with van der Waals surface area (Å²) in [6.45, 7) is 0. The predicted molar refractivity (Wildman–Crippen MR) is 64.4 cm³/mol. The smallest absolute Gasteiger partial charge is 0.295 e. The van der Waals surface area contributed by atoms with Crippen LogP contribution in [0.25, 0.3) is 10.9 Å². The lowest BCUT2D eigenvalue weighted by Gasteiger charge is -2.13. The van der Waals surface area contributed by atoms with Gasteiger partial charge in [0.05, 0.1) is 16.0 Å². The minimum absolute atomic E-state index is 0.0442. The lowest BCUT2D eigenvalue weighted by atomic mass is 10.1. The fourth-order valence-electron chi connectivity index (χ4n) is 1.85. The summed E-state index contributed by atoms with van der Waals surface area (Å²) in [6, 6.07) is 2.95. The maximum absolute atomic E-state index is 10.9. The summed E-state index contributed by atoms with van der Waals surface area (Å²) in [5, 5.41) is 16.8. The van der Waals surface area contributed by atoms with Crippen molar-refractivity contribution >= 4 is 28.1 Å². The standard InChI is InChI=1S/C9H12N6O2/c1-13(11)5-3-4-6(15(16)17)8-7(5)9(10)12-14(8)2/h3-4H,11H2,1-2H3,(H2,10,12). The van der Waals surface area contributed by atoms with Crippen LogP contribution in [0.3, 0.4) is 0 Å². The van der Waals surface area contributed by atoms with Crippen molar-refractivity contribution in [1.29, 1.82) is 0 Å². The average molecular weight is 236 g/mol. The fourth-order valence-corrected chi connectivity index (χ4v) is 1.85. The van der Waals surface area contributed by atoms with Crippen LogP contribution in [0, 0.1) is 10.1 Å². The second kappa shape index (κ2) is 3.59. The third-order valence-corrected chi connectivity index (χ3v) is 2.55. The Balaban J connectivity index is 2.93. The highest BCUT2D eigenvalue weighted by atomic mass is 16.6. The molecule has 0 saturated heterocycles. The lowest BCUT2D eigenvalue weighted by molar-refractivity contribution is -0.383. The summed E-state index contributed by atoms with van der Waals surface area (Å²) in [7, 11) is 3.24. The van der Waals surface area contributed by atoms with E-state index in [1.165, 1.54) is 15.8 Å². The molecular weight excluding hydrogens is 224 g/mol. The normalized spacial score (nSPS) is 10.8. The van der Waals surface area contributed by atoms with Crippen molar-refractivity contribution in [2.45, 2.75) is 0 Å². The first kappa shape index (κ1) is 11.1. The summed E-state index contributed by atoms with van der Waals surface area (Å²) in [5.41, 5.74) is 6.66. The third kappa shape index (κ3) is 1.54. The molecule has 1 aromatic carbocycles. The number of fused-ring (bicyclic) bond motifs is 1. The molecule has 90 valence electrons. The lowest BCUT2D eigenvalue weighted by Crippen LogP contribution is -2.25. The summed E-state index contributed by atoms with van der Waals surface area (Å²) in [5.74, 6) is 5.88. The van der Waals surface area contributed by atoms with Gasteiger partial charge in [-0.15, -0.1) is 0 Å². The summed E-state index contributed by atoms with van der Waals surface area (Å²) < 4.78 is 1.38. The number of aryl methyl sites for hydroxylation is 1. The molecule has 0 bridgehead atoms. The van der Waals surface area contributed by atoms with E-state index in [9.17, 15) is 10.1 Å². The summed E-state index contributed by atoms with van der Waals surface area (Å²) in [6.07, 6.45) is 0. The Morgan fingerprint density at radius 3 is 2.71 bits per heavy atom. The number of non-ortho nitro benzene ring substituents is 1. The number of nitrogens with two attached hydrogens (primary N) is 2. The Morgan fingerprint density at radius 2 is 2.18 bits per heavy atom. The molecule has 1 heterocycles. The molecule has 0 aliphatic heterocycles. The van der Waals surface area contributed by atoms with Crippen LogP contribution >= 0.6 is 0 Å². The van der Waals surface area contributed by atoms with Crippen molar-refractivity contribution in [3.63, 3.8) is 0 Å². The molecule has 4 N–H and O–H groups in total. The Hall–Kier alpha value is -2.35. The molecule has 17 heavy (non-hydrogen) atoms. The van der Waals surface area contributed by atoms with Gasteiger partial charge in [0.15, 0.2) is 5.82 Å². The topological polar surface area (TPSA) is 116 Å². The van der Waals surface area contributed by atoms with Crippen LogP contribution in [0.1, 0.15) is 0 Å². The first-order valence-corrected chi connectivity index (χ1v) is 4.81. The monoisotopic (exact) mass is 236 g/mol. The molecule has 0 fully saturated rings. The number of hydrazine groups is 1. The van der Waals surface area contributed by atoms with Crippen molar-refractivity contribution in [2.75, 3.05) is 17.8 Å². The van der Waals surface area contributed by atoms with Gasteiger partial charge >= 0.3 is 0 Å². The van der Waals surface area contributed by atoms with Crippen molar-refractivity contribution in [2.24, 2.45) is 12.9 Å². The van der Waals surface area contributed by atoms with Crippen molar-refractivity contribution in [1.82, 2.24) is 9.78 Å². The SMILES string of the molecule is CN(N)c1ccc([N+](=O)[O-])c2c1c(N)nn2C.